The van der Waals surface area contributed by atoms with Crippen molar-refractivity contribution in [3.63, 3.8) is 0 Å². The number of rotatable bonds is 4. The van der Waals surface area contributed by atoms with Gasteiger partial charge in [-0.25, -0.2) is 9.59 Å². The molecule has 26 heavy (non-hydrogen) atoms. The first-order chi connectivity index (χ1) is 12.6. The van der Waals surface area contributed by atoms with Gasteiger partial charge in [-0.3, -0.25) is 4.98 Å². The lowest BCUT2D eigenvalue weighted by atomic mass is 10.0. The van der Waals surface area contributed by atoms with E-state index in [1.54, 1.807) is 31.6 Å². The van der Waals surface area contributed by atoms with E-state index in [4.69, 9.17) is 9.47 Å². The molecule has 0 saturated heterocycles. The largest absolute Gasteiger partial charge is 0.465 e. The van der Waals surface area contributed by atoms with E-state index in [-0.39, 0.29) is 11.1 Å². The topological polar surface area (TPSA) is 70.4 Å². The summed E-state index contributed by atoms with van der Waals surface area (Å²) < 4.78 is 11.7. The van der Waals surface area contributed by atoms with Crippen molar-refractivity contribution < 1.29 is 19.1 Å². The summed E-state index contributed by atoms with van der Waals surface area (Å²) in [5.74, 6) is -1.20. The van der Waals surface area contributed by atoms with Gasteiger partial charge < -0.3 is 14.0 Å². The number of nitrogens with zero attached hydrogens (tertiary/aromatic N) is 2. The van der Waals surface area contributed by atoms with E-state index in [9.17, 15) is 9.59 Å². The smallest absolute Gasteiger partial charge is 0.340 e. The van der Waals surface area contributed by atoms with Crippen molar-refractivity contribution in [1.29, 1.82) is 0 Å². The van der Waals surface area contributed by atoms with Crippen LogP contribution in [0.2, 0.25) is 0 Å². The lowest BCUT2D eigenvalue weighted by Crippen LogP contribution is -2.11. The average Bonchev–Trinajstić information content (AvgIpc) is 3.01. The Morgan fingerprint density at radius 3 is 1.73 bits per heavy atom. The second-order valence-electron chi connectivity index (χ2n) is 5.59. The summed E-state index contributed by atoms with van der Waals surface area (Å²) in [5, 5.41) is 0. The molecule has 0 N–H and O–H groups in total. The molecule has 1 aromatic carbocycles. The maximum absolute atomic E-state index is 12.6. The minimum Gasteiger partial charge on any atom is -0.465 e. The van der Waals surface area contributed by atoms with Crippen molar-refractivity contribution in [2.45, 2.75) is 0 Å². The number of ether oxygens (including phenoxy) is 2. The second kappa shape index (κ2) is 7.23. The molecule has 2 heterocycles. The van der Waals surface area contributed by atoms with E-state index in [0.29, 0.717) is 11.4 Å². The fourth-order valence-corrected chi connectivity index (χ4v) is 3.07. The zero-order chi connectivity index (χ0) is 18.7. The zero-order valence-corrected chi connectivity index (χ0v) is 14.7. The van der Waals surface area contributed by atoms with Crippen LogP contribution in [0.1, 0.15) is 20.7 Å². The summed E-state index contributed by atoms with van der Waals surface area (Å²) in [4.78, 5) is 29.2. The van der Waals surface area contributed by atoms with Crippen LogP contribution in [0.25, 0.3) is 22.5 Å². The molecule has 6 nitrogen and oxygen atoms in total. The fourth-order valence-electron chi connectivity index (χ4n) is 3.07. The van der Waals surface area contributed by atoms with Crippen LogP contribution in [0, 0.1) is 0 Å². The number of pyridine rings is 1. The van der Waals surface area contributed by atoms with Gasteiger partial charge in [0, 0.05) is 25.0 Å². The number of carbonyl (C=O) groups excluding carboxylic acids is 2. The Balaban J connectivity index is 2.44. The van der Waals surface area contributed by atoms with E-state index < -0.39 is 11.9 Å². The van der Waals surface area contributed by atoms with Gasteiger partial charge in [-0.2, -0.15) is 0 Å². The lowest BCUT2D eigenvalue weighted by Gasteiger charge is -2.09. The van der Waals surface area contributed by atoms with Crippen LogP contribution in [0.5, 0.6) is 0 Å². The normalized spacial score (nSPS) is 10.4. The maximum atomic E-state index is 12.6. The SMILES string of the molecule is COC(=O)c1c(C(=O)OC)c(-c2ccncc2)n(C)c1-c1ccccc1. The number of carbonyl (C=O) groups is 2. The van der Waals surface area contributed by atoms with Gasteiger partial charge >= 0.3 is 11.9 Å². The van der Waals surface area contributed by atoms with Gasteiger partial charge in [0.15, 0.2) is 0 Å². The van der Waals surface area contributed by atoms with Crippen LogP contribution in [-0.4, -0.2) is 35.7 Å². The third-order valence-electron chi connectivity index (χ3n) is 4.17. The van der Waals surface area contributed by atoms with Crippen molar-refractivity contribution in [3.8, 4) is 22.5 Å². The Morgan fingerprint density at radius 1 is 0.808 bits per heavy atom. The minimum absolute atomic E-state index is 0.173. The van der Waals surface area contributed by atoms with Gasteiger partial charge in [0.1, 0.15) is 11.1 Å². The molecule has 3 rings (SSSR count). The highest BCUT2D eigenvalue weighted by atomic mass is 16.5. The van der Waals surface area contributed by atoms with Crippen LogP contribution in [0.4, 0.5) is 0 Å². The van der Waals surface area contributed by atoms with Gasteiger partial charge in [0.2, 0.25) is 0 Å². The highest BCUT2D eigenvalue weighted by molar-refractivity contribution is 6.12. The van der Waals surface area contributed by atoms with Crippen molar-refractivity contribution in [2.75, 3.05) is 14.2 Å². The third-order valence-corrected chi connectivity index (χ3v) is 4.17. The van der Waals surface area contributed by atoms with Gasteiger partial charge in [-0.1, -0.05) is 30.3 Å². The molecule has 0 bridgehead atoms. The van der Waals surface area contributed by atoms with E-state index in [0.717, 1.165) is 11.1 Å². The minimum atomic E-state index is -0.602. The third kappa shape index (κ3) is 2.86. The van der Waals surface area contributed by atoms with E-state index in [2.05, 4.69) is 4.98 Å². The molecule has 3 aromatic rings. The quantitative estimate of drug-likeness (QED) is 0.675. The molecule has 0 atom stereocenters. The first-order valence-electron chi connectivity index (χ1n) is 7.95. The molecule has 0 aliphatic heterocycles. The molecule has 0 spiro atoms. The first-order valence-corrected chi connectivity index (χ1v) is 7.95. The highest BCUT2D eigenvalue weighted by Gasteiger charge is 2.32. The molecule has 0 saturated carbocycles. The number of aromatic nitrogens is 2. The molecule has 0 amide bonds. The van der Waals surface area contributed by atoms with Crippen molar-refractivity contribution in [3.05, 3.63) is 66.0 Å². The van der Waals surface area contributed by atoms with Gasteiger partial charge in [0.05, 0.1) is 25.6 Å². The van der Waals surface area contributed by atoms with Crippen molar-refractivity contribution in [1.82, 2.24) is 9.55 Å². The summed E-state index contributed by atoms with van der Waals surface area (Å²) in [5.41, 5.74) is 3.05. The lowest BCUT2D eigenvalue weighted by molar-refractivity contribution is 0.0558. The summed E-state index contributed by atoms with van der Waals surface area (Å²) in [6.45, 7) is 0. The van der Waals surface area contributed by atoms with Crippen molar-refractivity contribution in [2.24, 2.45) is 7.05 Å². The monoisotopic (exact) mass is 350 g/mol. The van der Waals surface area contributed by atoms with Crippen LogP contribution in [0.3, 0.4) is 0 Å². The van der Waals surface area contributed by atoms with E-state index in [1.165, 1.54) is 14.2 Å². The standard InChI is InChI=1S/C20H18N2O4/c1-22-17(13-7-5-4-6-8-13)15(19(23)25-2)16(20(24)26-3)18(22)14-9-11-21-12-10-14/h4-12H,1-3H3. The Morgan fingerprint density at radius 2 is 1.27 bits per heavy atom. The maximum Gasteiger partial charge on any atom is 0.340 e. The fraction of sp³-hybridized carbons (Fsp3) is 0.150. The second-order valence-corrected chi connectivity index (χ2v) is 5.59. The molecule has 0 aliphatic rings. The Kier molecular flexibility index (Phi) is 4.84. The molecule has 0 aliphatic carbocycles. The number of hydrogen-bond acceptors (Lipinski definition) is 5. The molecule has 0 fully saturated rings. The van der Waals surface area contributed by atoms with Gasteiger partial charge in [-0.15, -0.1) is 0 Å². The molecule has 0 radical (unpaired) electrons. The van der Waals surface area contributed by atoms with Crippen LogP contribution < -0.4 is 0 Å². The van der Waals surface area contributed by atoms with Gasteiger partial charge in [-0.05, 0) is 17.7 Å². The highest BCUT2D eigenvalue weighted by Crippen LogP contribution is 2.37. The molecule has 2 aromatic heterocycles. The molecular formula is C20H18N2O4. The van der Waals surface area contributed by atoms with Gasteiger partial charge in [0.25, 0.3) is 0 Å². The molecule has 0 unspecified atom stereocenters. The van der Waals surface area contributed by atoms with Crippen LogP contribution in [0.15, 0.2) is 54.9 Å². The van der Waals surface area contributed by atoms with Crippen LogP contribution in [-0.2, 0) is 16.5 Å². The number of methoxy groups -OCH3 is 2. The predicted molar refractivity (Wildman–Crippen MR) is 96.8 cm³/mol. The molecular weight excluding hydrogens is 332 g/mol. The predicted octanol–water partition coefficient (Wildman–Crippen LogP) is 3.33. The summed E-state index contributed by atoms with van der Waals surface area (Å²) in [6.07, 6.45) is 3.26. The zero-order valence-electron chi connectivity index (χ0n) is 14.7. The molecule has 132 valence electrons. The van der Waals surface area contributed by atoms with E-state index in [1.807, 2.05) is 34.9 Å². The summed E-state index contributed by atoms with van der Waals surface area (Å²) in [6, 6.07) is 12.9. The average molecular weight is 350 g/mol. The number of hydrogen-bond donors (Lipinski definition) is 0. The Hall–Kier alpha value is -3.41. The number of benzene rings is 1. The number of esters is 2. The Bertz CT molecular complexity index is 870. The van der Waals surface area contributed by atoms with Crippen LogP contribution >= 0.6 is 0 Å². The first kappa shape index (κ1) is 17.4. The molecule has 6 heteroatoms. The van der Waals surface area contributed by atoms with E-state index >= 15 is 0 Å². The summed E-state index contributed by atoms with van der Waals surface area (Å²) in [7, 11) is 4.38. The Labute approximate surface area is 151 Å². The van der Waals surface area contributed by atoms with Crippen molar-refractivity contribution >= 4 is 11.9 Å². The summed E-state index contributed by atoms with van der Waals surface area (Å²) >= 11 is 0.